The fourth-order valence-corrected chi connectivity index (χ4v) is 2.30. The summed E-state index contributed by atoms with van der Waals surface area (Å²) in [6, 6.07) is 6.35. The predicted molar refractivity (Wildman–Crippen MR) is 76.3 cm³/mol. The standard InChI is InChI=1S/C14H17N3O3/c1-8-11(13(18)19)12(16-14(20)15-8)9-4-6-10(7-5-9)17(2)3/h4-7,11-12H,1-3H3,(H,16,20)(H,18,19). The molecule has 6 heteroatoms. The second kappa shape index (κ2) is 5.32. The average Bonchev–Trinajstić information content (AvgIpc) is 2.37. The molecule has 6 nitrogen and oxygen atoms in total. The third kappa shape index (κ3) is 2.64. The Balaban J connectivity index is 2.36. The van der Waals surface area contributed by atoms with Crippen molar-refractivity contribution in [2.75, 3.05) is 19.0 Å². The van der Waals surface area contributed by atoms with E-state index in [9.17, 15) is 14.7 Å². The Morgan fingerprint density at radius 2 is 1.90 bits per heavy atom. The summed E-state index contributed by atoms with van der Waals surface area (Å²) in [6.45, 7) is 1.57. The molecule has 1 aliphatic rings. The van der Waals surface area contributed by atoms with Crippen LogP contribution in [0.15, 0.2) is 29.3 Å². The highest BCUT2D eigenvalue weighted by atomic mass is 16.4. The highest BCUT2D eigenvalue weighted by molar-refractivity contribution is 6.07. The van der Waals surface area contributed by atoms with Gasteiger partial charge < -0.3 is 15.3 Å². The van der Waals surface area contributed by atoms with E-state index in [2.05, 4.69) is 10.3 Å². The van der Waals surface area contributed by atoms with Crippen molar-refractivity contribution in [2.45, 2.75) is 13.0 Å². The van der Waals surface area contributed by atoms with Gasteiger partial charge in [-0.15, -0.1) is 0 Å². The van der Waals surface area contributed by atoms with E-state index in [1.807, 2.05) is 43.3 Å². The molecule has 1 aliphatic heterocycles. The molecule has 1 heterocycles. The third-order valence-electron chi connectivity index (χ3n) is 3.37. The molecule has 106 valence electrons. The van der Waals surface area contributed by atoms with Crippen LogP contribution in [0.2, 0.25) is 0 Å². The fourth-order valence-electron chi connectivity index (χ4n) is 2.30. The zero-order chi connectivity index (χ0) is 14.9. The van der Waals surface area contributed by atoms with E-state index in [-0.39, 0.29) is 0 Å². The molecule has 0 saturated carbocycles. The molecular formula is C14H17N3O3. The van der Waals surface area contributed by atoms with E-state index in [4.69, 9.17) is 0 Å². The summed E-state index contributed by atoms with van der Waals surface area (Å²) in [5, 5.41) is 12.0. The van der Waals surface area contributed by atoms with E-state index in [1.165, 1.54) is 0 Å². The summed E-state index contributed by atoms with van der Waals surface area (Å²) in [6.07, 6.45) is 0. The number of rotatable bonds is 3. The van der Waals surface area contributed by atoms with Crippen molar-refractivity contribution >= 4 is 23.4 Å². The molecule has 2 N–H and O–H groups in total. The van der Waals surface area contributed by atoms with Crippen molar-refractivity contribution < 1.29 is 14.7 Å². The largest absolute Gasteiger partial charge is 0.481 e. The Hall–Kier alpha value is -2.37. The van der Waals surface area contributed by atoms with Gasteiger partial charge >= 0.3 is 12.0 Å². The number of nitrogens with zero attached hydrogens (tertiary/aromatic N) is 2. The number of urea groups is 1. The van der Waals surface area contributed by atoms with E-state index < -0.39 is 24.0 Å². The molecule has 0 spiro atoms. The Labute approximate surface area is 117 Å². The molecule has 0 fully saturated rings. The number of hydrogen-bond acceptors (Lipinski definition) is 3. The van der Waals surface area contributed by atoms with Gasteiger partial charge in [-0.1, -0.05) is 12.1 Å². The van der Waals surface area contributed by atoms with E-state index >= 15 is 0 Å². The summed E-state index contributed by atoms with van der Waals surface area (Å²) < 4.78 is 0. The lowest BCUT2D eigenvalue weighted by Gasteiger charge is -2.28. The molecule has 2 rings (SSSR count). The number of hydrogen-bond donors (Lipinski definition) is 2. The SMILES string of the molecule is CC1=NC(=O)NC(c2ccc(N(C)C)cc2)C1C(=O)O. The molecule has 0 aromatic heterocycles. The molecule has 0 saturated heterocycles. The molecule has 2 unspecified atom stereocenters. The van der Waals surface area contributed by atoms with Crippen LogP contribution in [-0.4, -0.2) is 36.9 Å². The second-order valence-corrected chi connectivity index (χ2v) is 4.98. The van der Waals surface area contributed by atoms with Gasteiger partial charge in [0, 0.05) is 25.5 Å². The highest BCUT2D eigenvalue weighted by Crippen LogP contribution is 2.28. The number of carbonyl (C=O) groups excluding carboxylic acids is 1. The second-order valence-electron chi connectivity index (χ2n) is 4.98. The number of anilines is 1. The van der Waals surface area contributed by atoms with Gasteiger partial charge in [-0.25, -0.2) is 9.79 Å². The molecular weight excluding hydrogens is 258 g/mol. The van der Waals surface area contributed by atoms with E-state index in [0.717, 1.165) is 11.3 Å². The lowest BCUT2D eigenvalue weighted by Crippen LogP contribution is -2.43. The number of nitrogens with one attached hydrogen (secondary N) is 1. The first-order chi connectivity index (χ1) is 9.40. The van der Waals surface area contributed by atoms with E-state index in [1.54, 1.807) is 6.92 Å². The zero-order valence-electron chi connectivity index (χ0n) is 11.6. The van der Waals surface area contributed by atoms with Crippen LogP contribution in [0.4, 0.5) is 10.5 Å². The Bertz CT molecular complexity index is 564. The maximum atomic E-state index is 11.5. The Morgan fingerprint density at radius 1 is 1.30 bits per heavy atom. The highest BCUT2D eigenvalue weighted by Gasteiger charge is 2.36. The predicted octanol–water partition coefficient (Wildman–Crippen LogP) is 1.68. The quantitative estimate of drug-likeness (QED) is 0.879. The minimum atomic E-state index is -0.993. The number of aliphatic imine (C=N–C) groups is 1. The first kappa shape index (κ1) is 14.0. The molecule has 2 atom stereocenters. The van der Waals surface area contributed by atoms with Crippen LogP contribution in [0.25, 0.3) is 0 Å². The van der Waals surface area contributed by atoms with Crippen molar-refractivity contribution in [1.29, 1.82) is 0 Å². The number of carbonyl (C=O) groups is 2. The molecule has 0 aliphatic carbocycles. The minimum Gasteiger partial charge on any atom is -0.481 e. The van der Waals surface area contributed by atoms with Crippen LogP contribution < -0.4 is 10.2 Å². The zero-order valence-corrected chi connectivity index (χ0v) is 11.6. The fraction of sp³-hybridized carbons (Fsp3) is 0.357. The van der Waals surface area contributed by atoms with Crippen LogP contribution in [0, 0.1) is 5.92 Å². The number of carboxylic acids is 1. The van der Waals surface area contributed by atoms with Gasteiger partial charge in [0.1, 0.15) is 5.92 Å². The van der Waals surface area contributed by atoms with Crippen LogP contribution >= 0.6 is 0 Å². The van der Waals surface area contributed by atoms with Crippen LogP contribution in [0.3, 0.4) is 0 Å². The Kier molecular flexibility index (Phi) is 3.74. The maximum Gasteiger partial charge on any atom is 0.341 e. The Morgan fingerprint density at radius 3 is 2.40 bits per heavy atom. The van der Waals surface area contributed by atoms with Gasteiger partial charge in [-0.3, -0.25) is 4.79 Å². The number of aliphatic carboxylic acids is 1. The van der Waals surface area contributed by atoms with Crippen molar-refractivity contribution in [2.24, 2.45) is 10.9 Å². The van der Waals surface area contributed by atoms with Gasteiger partial charge in [0.15, 0.2) is 0 Å². The average molecular weight is 275 g/mol. The molecule has 0 bridgehead atoms. The first-order valence-corrected chi connectivity index (χ1v) is 6.26. The smallest absolute Gasteiger partial charge is 0.341 e. The van der Waals surface area contributed by atoms with Crippen molar-refractivity contribution in [3.8, 4) is 0 Å². The third-order valence-corrected chi connectivity index (χ3v) is 3.37. The van der Waals surface area contributed by atoms with Crippen LogP contribution in [-0.2, 0) is 4.79 Å². The summed E-state index contributed by atoms with van der Waals surface area (Å²) in [5.41, 5.74) is 2.08. The normalized spacial score (nSPS) is 21.9. The molecule has 20 heavy (non-hydrogen) atoms. The van der Waals surface area contributed by atoms with Crippen LogP contribution in [0.5, 0.6) is 0 Å². The van der Waals surface area contributed by atoms with Crippen molar-refractivity contribution in [3.05, 3.63) is 29.8 Å². The lowest BCUT2D eigenvalue weighted by atomic mass is 9.88. The number of benzene rings is 1. The maximum absolute atomic E-state index is 11.5. The molecule has 1 aromatic rings. The van der Waals surface area contributed by atoms with Gasteiger partial charge in [-0.2, -0.15) is 0 Å². The number of carboxylic acid groups (broad SMARTS) is 1. The summed E-state index contributed by atoms with van der Waals surface area (Å²) in [7, 11) is 3.85. The summed E-state index contributed by atoms with van der Waals surface area (Å²) >= 11 is 0. The molecule has 1 aromatic carbocycles. The van der Waals surface area contributed by atoms with Gasteiger partial charge in [-0.05, 0) is 24.6 Å². The monoisotopic (exact) mass is 275 g/mol. The van der Waals surface area contributed by atoms with Gasteiger partial charge in [0.25, 0.3) is 0 Å². The lowest BCUT2D eigenvalue weighted by molar-refractivity contribution is -0.140. The molecule has 2 amide bonds. The summed E-state index contributed by atoms with van der Waals surface area (Å²) in [5.74, 6) is -1.83. The van der Waals surface area contributed by atoms with Crippen LogP contribution in [0.1, 0.15) is 18.5 Å². The van der Waals surface area contributed by atoms with Gasteiger partial charge in [0.05, 0.1) is 6.04 Å². The minimum absolute atomic E-state index is 0.322. The van der Waals surface area contributed by atoms with Crippen molar-refractivity contribution in [3.63, 3.8) is 0 Å². The molecule has 0 radical (unpaired) electrons. The van der Waals surface area contributed by atoms with E-state index in [0.29, 0.717) is 5.71 Å². The topological polar surface area (TPSA) is 82.0 Å². The van der Waals surface area contributed by atoms with Crippen molar-refractivity contribution in [1.82, 2.24) is 5.32 Å². The number of amides is 2. The first-order valence-electron chi connectivity index (χ1n) is 6.26. The summed E-state index contributed by atoms with van der Waals surface area (Å²) in [4.78, 5) is 28.5. The van der Waals surface area contributed by atoms with Gasteiger partial charge in [0.2, 0.25) is 0 Å².